The quantitative estimate of drug-likeness (QED) is 0.129. The molecule has 0 saturated heterocycles. The van der Waals surface area contributed by atoms with Crippen molar-refractivity contribution < 1.29 is 0 Å². The van der Waals surface area contributed by atoms with Crippen molar-refractivity contribution in [1.82, 2.24) is 15.0 Å². The van der Waals surface area contributed by atoms with E-state index in [-0.39, 0.29) is 0 Å². The summed E-state index contributed by atoms with van der Waals surface area (Å²) in [6.45, 7) is 0. The molecule has 0 aliphatic heterocycles. The SMILES string of the molecule is c1ccc(-c2ccc(-c3nc(-c4ccc(-c5c6ccccc6cc6c5ccc5ccccc56)cc4)nc(-c4ccc5c6ccccc6c6ccccc6c5c4)n3)cc2)cc1. The Morgan fingerprint density at radius 1 is 0.200 bits per heavy atom. The highest BCUT2D eigenvalue weighted by Crippen LogP contribution is 2.41. The van der Waals surface area contributed by atoms with E-state index in [2.05, 4.69) is 206 Å². The minimum atomic E-state index is 0.630. The molecule has 3 nitrogen and oxygen atoms in total. The fourth-order valence-electron chi connectivity index (χ4n) is 9.17. The number of hydrogen-bond donors (Lipinski definition) is 0. The molecule has 1 heterocycles. The van der Waals surface area contributed by atoms with Crippen LogP contribution in [-0.2, 0) is 0 Å². The van der Waals surface area contributed by atoms with E-state index in [0.717, 1.165) is 27.8 Å². The van der Waals surface area contributed by atoms with Crippen molar-refractivity contribution in [1.29, 1.82) is 0 Å². The van der Waals surface area contributed by atoms with Gasteiger partial charge in [-0.1, -0.05) is 200 Å². The summed E-state index contributed by atoms with van der Waals surface area (Å²) >= 11 is 0. The Morgan fingerprint density at radius 3 is 1.23 bits per heavy atom. The average molecular weight is 762 g/mol. The van der Waals surface area contributed by atoms with Gasteiger partial charge in [0.25, 0.3) is 0 Å². The molecule has 0 N–H and O–H groups in total. The van der Waals surface area contributed by atoms with E-state index in [1.807, 2.05) is 6.07 Å². The maximum atomic E-state index is 5.23. The molecule has 60 heavy (non-hydrogen) atoms. The minimum absolute atomic E-state index is 0.630. The summed E-state index contributed by atoms with van der Waals surface area (Å²) in [4.78, 5) is 15.6. The van der Waals surface area contributed by atoms with Crippen molar-refractivity contribution in [2.45, 2.75) is 0 Å². The van der Waals surface area contributed by atoms with Crippen molar-refractivity contribution in [3.05, 3.63) is 212 Å². The van der Waals surface area contributed by atoms with Crippen LogP contribution in [0.3, 0.4) is 0 Å². The zero-order valence-electron chi connectivity index (χ0n) is 32.5. The first-order valence-corrected chi connectivity index (χ1v) is 20.4. The third kappa shape index (κ3) is 5.63. The maximum Gasteiger partial charge on any atom is 0.164 e. The van der Waals surface area contributed by atoms with Crippen LogP contribution in [0.5, 0.6) is 0 Å². The first kappa shape index (κ1) is 34.1. The molecule has 1 aromatic heterocycles. The topological polar surface area (TPSA) is 38.7 Å². The number of aromatic nitrogens is 3. The van der Waals surface area contributed by atoms with Crippen LogP contribution in [0.2, 0.25) is 0 Å². The first-order valence-electron chi connectivity index (χ1n) is 20.4. The highest BCUT2D eigenvalue weighted by molar-refractivity contribution is 6.26. The molecule has 0 aliphatic carbocycles. The standard InChI is InChI=1S/C57H35N3/c1-2-12-36(13-3-1)37-22-26-40(27-23-37)55-58-56(60-57(59-55)43-31-32-50-48-20-9-8-18-46(48)47-19-10-11-21-49(47)53(50)35-43)41-28-24-39(25-29-41)54-45-17-7-5-15-42(45)34-52-44-16-6-4-14-38(44)30-33-51(52)54/h1-35H. The summed E-state index contributed by atoms with van der Waals surface area (Å²) in [5.74, 6) is 1.90. The summed E-state index contributed by atoms with van der Waals surface area (Å²) in [7, 11) is 0. The molecule has 0 saturated carbocycles. The highest BCUT2D eigenvalue weighted by Gasteiger charge is 2.17. The molecule has 0 radical (unpaired) electrons. The minimum Gasteiger partial charge on any atom is -0.208 e. The highest BCUT2D eigenvalue weighted by atomic mass is 15.0. The molecule has 12 aromatic rings. The molecular weight excluding hydrogens is 727 g/mol. The molecule has 0 fully saturated rings. The Labute approximate surface area is 346 Å². The predicted molar refractivity (Wildman–Crippen MR) is 252 cm³/mol. The molecule has 0 bridgehead atoms. The van der Waals surface area contributed by atoms with Crippen molar-refractivity contribution in [3.8, 4) is 56.4 Å². The predicted octanol–water partition coefficient (Wildman–Crippen LogP) is 15.1. The van der Waals surface area contributed by atoms with E-state index >= 15 is 0 Å². The second-order valence-corrected chi connectivity index (χ2v) is 15.5. The van der Waals surface area contributed by atoms with Crippen LogP contribution in [0.4, 0.5) is 0 Å². The molecule has 0 unspecified atom stereocenters. The van der Waals surface area contributed by atoms with Crippen LogP contribution >= 0.6 is 0 Å². The van der Waals surface area contributed by atoms with Gasteiger partial charge in [0.05, 0.1) is 0 Å². The molecule has 12 rings (SSSR count). The van der Waals surface area contributed by atoms with Gasteiger partial charge in [-0.2, -0.15) is 0 Å². The Kier molecular flexibility index (Phi) is 7.85. The molecule has 0 spiro atoms. The van der Waals surface area contributed by atoms with Gasteiger partial charge in [0.1, 0.15) is 0 Å². The van der Waals surface area contributed by atoms with Crippen molar-refractivity contribution >= 4 is 64.6 Å². The average Bonchev–Trinajstić information content (AvgIpc) is 3.33. The first-order chi connectivity index (χ1) is 29.7. The van der Waals surface area contributed by atoms with Crippen LogP contribution < -0.4 is 0 Å². The van der Waals surface area contributed by atoms with E-state index < -0.39 is 0 Å². The molecule has 3 heteroatoms. The largest absolute Gasteiger partial charge is 0.208 e. The molecule has 278 valence electrons. The maximum absolute atomic E-state index is 5.23. The smallest absolute Gasteiger partial charge is 0.164 e. The van der Waals surface area contributed by atoms with Gasteiger partial charge in [-0.25, -0.2) is 15.0 Å². The number of benzene rings is 11. The molecular formula is C57H35N3. The summed E-state index contributed by atoms with van der Waals surface area (Å²) in [6, 6.07) is 75.9. The van der Waals surface area contributed by atoms with E-state index in [1.54, 1.807) is 0 Å². The normalized spacial score (nSPS) is 11.7. The van der Waals surface area contributed by atoms with Crippen LogP contribution in [0.25, 0.3) is 121 Å². The number of nitrogens with zero attached hydrogens (tertiary/aromatic N) is 3. The molecule has 11 aromatic carbocycles. The van der Waals surface area contributed by atoms with Gasteiger partial charge in [-0.15, -0.1) is 0 Å². The van der Waals surface area contributed by atoms with Crippen LogP contribution in [0.1, 0.15) is 0 Å². The van der Waals surface area contributed by atoms with Gasteiger partial charge in [0.2, 0.25) is 0 Å². The molecule has 0 amide bonds. The van der Waals surface area contributed by atoms with Gasteiger partial charge in [-0.05, 0) is 99.0 Å². The van der Waals surface area contributed by atoms with Gasteiger partial charge >= 0.3 is 0 Å². The van der Waals surface area contributed by atoms with Gasteiger partial charge < -0.3 is 0 Å². The lowest BCUT2D eigenvalue weighted by Crippen LogP contribution is -2.00. The summed E-state index contributed by atoms with van der Waals surface area (Å²) in [5.41, 5.74) is 7.50. The third-order valence-corrected chi connectivity index (χ3v) is 12.1. The number of hydrogen-bond acceptors (Lipinski definition) is 3. The van der Waals surface area contributed by atoms with E-state index in [4.69, 9.17) is 15.0 Å². The summed E-state index contributed by atoms with van der Waals surface area (Å²) < 4.78 is 0. The zero-order valence-corrected chi connectivity index (χ0v) is 32.5. The molecule has 0 aliphatic rings. The van der Waals surface area contributed by atoms with Crippen molar-refractivity contribution in [2.24, 2.45) is 0 Å². The summed E-state index contributed by atoms with van der Waals surface area (Å²) in [5, 5.41) is 14.8. The van der Waals surface area contributed by atoms with Crippen molar-refractivity contribution in [3.63, 3.8) is 0 Å². The fourth-order valence-corrected chi connectivity index (χ4v) is 9.17. The van der Waals surface area contributed by atoms with E-state index in [1.165, 1.54) is 75.8 Å². The third-order valence-electron chi connectivity index (χ3n) is 12.1. The van der Waals surface area contributed by atoms with Crippen molar-refractivity contribution in [2.75, 3.05) is 0 Å². The lowest BCUT2D eigenvalue weighted by atomic mass is 9.89. The Bertz CT molecular complexity index is 3600. The monoisotopic (exact) mass is 761 g/mol. The second-order valence-electron chi connectivity index (χ2n) is 15.5. The van der Waals surface area contributed by atoms with Gasteiger partial charge in [0, 0.05) is 16.7 Å². The Morgan fingerprint density at radius 2 is 0.600 bits per heavy atom. The number of rotatable bonds is 5. The van der Waals surface area contributed by atoms with E-state index in [9.17, 15) is 0 Å². The fraction of sp³-hybridized carbons (Fsp3) is 0. The van der Waals surface area contributed by atoms with Gasteiger partial charge in [-0.3, -0.25) is 0 Å². The Hall–Kier alpha value is -8.01. The zero-order chi connectivity index (χ0) is 39.6. The Balaban J connectivity index is 1.03. The lowest BCUT2D eigenvalue weighted by Gasteiger charge is -2.15. The van der Waals surface area contributed by atoms with Crippen LogP contribution in [0.15, 0.2) is 212 Å². The lowest BCUT2D eigenvalue weighted by molar-refractivity contribution is 1.07. The van der Waals surface area contributed by atoms with Gasteiger partial charge in [0.15, 0.2) is 17.5 Å². The second kappa shape index (κ2) is 13.8. The molecule has 0 atom stereocenters. The van der Waals surface area contributed by atoms with Crippen LogP contribution in [0, 0.1) is 0 Å². The van der Waals surface area contributed by atoms with Crippen LogP contribution in [-0.4, -0.2) is 15.0 Å². The number of fused-ring (bicyclic) bond motifs is 10. The van der Waals surface area contributed by atoms with E-state index in [0.29, 0.717) is 17.5 Å². The summed E-state index contributed by atoms with van der Waals surface area (Å²) in [6.07, 6.45) is 0.